The van der Waals surface area contributed by atoms with Gasteiger partial charge in [-0.15, -0.1) is 0 Å². The highest BCUT2D eigenvalue weighted by molar-refractivity contribution is 7.92. The number of ether oxygens (including phenoxy) is 1. The molecule has 1 amide bonds. The molecule has 0 saturated carbocycles. The van der Waals surface area contributed by atoms with Crippen LogP contribution < -0.4 is 10.0 Å². The van der Waals surface area contributed by atoms with Crippen LogP contribution in [0.25, 0.3) is 0 Å². The standard InChI is InChI=1S/C23H26N4O7S2/c1-15-4-7-20(36(31,32)27-10-12-33-13-11-27)14-21(15)22(28)24-18-5-8-19(9-6-18)35(29,30)26-23-16(2)17(3)25-34-23/h4-9,14,26H,10-13H2,1-3H3,(H,24,28). The number of hydrogen-bond donors (Lipinski definition) is 2. The summed E-state index contributed by atoms with van der Waals surface area (Å²) in [4.78, 5) is 12.9. The number of rotatable bonds is 7. The van der Waals surface area contributed by atoms with Gasteiger partial charge < -0.3 is 14.6 Å². The van der Waals surface area contributed by atoms with E-state index in [-0.39, 0.29) is 34.3 Å². The molecule has 36 heavy (non-hydrogen) atoms. The highest BCUT2D eigenvalue weighted by Gasteiger charge is 2.27. The van der Waals surface area contributed by atoms with Gasteiger partial charge in [-0.05, 0) is 62.7 Å². The highest BCUT2D eigenvalue weighted by atomic mass is 32.2. The first-order valence-electron chi connectivity index (χ1n) is 11.0. The van der Waals surface area contributed by atoms with Gasteiger partial charge in [0, 0.05) is 29.9 Å². The topological polar surface area (TPSA) is 148 Å². The summed E-state index contributed by atoms with van der Waals surface area (Å²) in [5.41, 5.74) is 2.28. The number of sulfonamides is 2. The molecule has 192 valence electrons. The van der Waals surface area contributed by atoms with Crippen LogP contribution in [-0.2, 0) is 24.8 Å². The number of nitrogens with one attached hydrogen (secondary N) is 2. The molecule has 3 aromatic rings. The number of benzene rings is 2. The number of carbonyl (C=O) groups excluding carboxylic acids is 1. The molecule has 1 aromatic heterocycles. The van der Waals surface area contributed by atoms with E-state index in [0.29, 0.717) is 35.7 Å². The summed E-state index contributed by atoms with van der Waals surface area (Å²) in [7, 11) is -7.71. The van der Waals surface area contributed by atoms with Crippen molar-refractivity contribution in [3.63, 3.8) is 0 Å². The molecular weight excluding hydrogens is 508 g/mol. The monoisotopic (exact) mass is 534 g/mol. The van der Waals surface area contributed by atoms with E-state index in [2.05, 4.69) is 15.2 Å². The summed E-state index contributed by atoms with van der Waals surface area (Å²) in [6.45, 7) is 6.22. The van der Waals surface area contributed by atoms with Crippen LogP contribution in [0.15, 0.2) is 56.8 Å². The van der Waals surface area contributed by atoms with Crippen molar-refractivity contribution < 1.29 is 30.9 Å². The molecule has 1 aliphatic heterocycles. The van der Waals surface area contributed by atoms with E-state index in [9.17, 15) is 21.6 Å². The Kier molecular flexibility index (Phi) is 7.18. The van der Waals surface area contributed by atoms with Crippen molar-refractivity contribution in [2.24, 2.45) is 0 Å². The van der Waals surface area contributed by atoms with Gasteiger partial charge in [-0.25, -0.2) is 21.6 Å². The van der Waals surface area contributed by atoms with Gasteiger partial charge in [0.2, 0.25) is 15.9 Å². The molecule has 11 nitrogen and oxygen atoms in total. The molecule has 4 rings (SSSR count). The summed E-state index contributed by atoms with van der Waals surface area (Å²) in [5, 5.41) is 6.42. The number of hydrogen-bond acceptors (Lipinski definition) is 8. The van der Waals surface area contributed by atoms with E-state index in [4.69, 9.17) is 9.26 Å². The number of amides is 1. The maximum atomic E-state index is 13.0. The Bertz CT molecular complexity index is 1490. The fourth-order valence-electron chi connectivity index (χ4n) is 3.55. The Balaban J connectivity index is 1.51. The molecule has 2 heterocycles. The minimum Gasteiger partial charge on any atom is -0.379 e. The van der Waals surface area contributed by atoms with E-state index >= 15 is 0 Å². The Labute approximate surface area is 209 Å². The number of aromatic nitrogens is 1. The predicted molar refractivity (Wildman–Crippen MR) is 132 cm³/mol. The lowest BCUT2D eigenvalue weighted by Crippen LogP contribution is -2.40. The van der Waals surface area contributed by atoms with Crippen LogP contribution in [0.3, 0.4) is 0 Å². The average Bonchev–Trinajstić information content (AvgIpc) is 3.16. The fourth-order valence-corrected chi connectivity index (χ4v) is 6.03. The fraction of sp³-hybridized carbons (Fsp3) is 0.304. The van der Waals surface area contributed by atoms with E-state index in [1.54, 1.807) is 26.8 Å². The van der Waals surface area contributed by atoms with Gasteiger partial charge in [0.05, 0.1) is 28.7 Å². The number of anilines is 2. The zero-order valence-corrected chi connectivity index (χ0v) is 21.6. The molecule has 2 aromatic carbocycles. The zero-order chi connectivity index (χ0) is 26.1. The molecule has 13 heteroatoms. The summed E-state index contributed by atoms with van der Waals surface area (Å²) in [5.74, 6) is -0.486. The third-order valence-corrected chi connectivity index (χ3v) is 9.11. The van der Waals surface area contributed by atoms with Gasteiger partial charge >= 0.3 is 0 Å². The van der Waals surface area contributed by atoms with Crippen molar-refractivity contribution in [3.05, 3.63) is 64.8 Å². The lowest BCUT2D eigenvalue weighted by atomic mass is 10.1. The van der Waals surface area contributed by atoms with Crippen molar-refractivity contribution in [2.75, 3.05) is 36.3 Å². The van der Waals surface area contributed by atoms with E-state index in [0.717, 1.165) is 0 Å². The second-order valence-corrected chi connectivity index (χ2v) is 11.9. The average molecular weight is 535 g/mol. The van der Waals surface area contributed by atoms with Crippen LogP contribution >= 0.6 is 0 Å². The molecule has 0 unspecified atom stereocenters. The minimum absolute atomic E-state index is 0.0191. The van der Waals surface area contributed by atoms with Crippen LogP contribution in [0.5, 0.6) is 0 Å². The van der Waals surface area contributed by atoms with Crippen LogP contribution in [0.1, 0.15) is 27.2 Å². The Morgan fingerprint density at radius 3 is 2.19 bits per heavy atom. The Hall–Kier alpha value is -3.26. The largest absolute Gasteiger partial charge is 0.379 e. The van der Waals surface area contributed by atoms with Gasteiger partial charge in [-0.3, -0.25) is 4.79 Å². The van der Waals surface area contributed by atoms with Crippen LogP contribution in [0.4, 0.5) is 11.6 Å². The number of aryl methyl sites for hydroxylation is 2. The molecule has 0 atom stereocenters. The second-order valence-electron chi connectivity index (χ2n) is 8.30. The van der Waals surface area contributed by atoms with Gasteiger partial charge in [-0.2, -0.15) is 4.31 Å². The maximum Gasteiger partial charge on any atom is 0.264 e. The quantitative estimate of drug-likeness (QED) is 0.470. The van der Waals surface area contributed by atoms with Crippen molar-refractivity contribution in [1.29, 1.82) is 0 Å². The molecule has 0 radical (unpaired) electrons. The molecule has 1 fully saturated rings. The predicted octanol–water partition coefficient (Wildman–Crippen LogP) is 2.67. The minimum atomic E-state index is -3.94. The molecule has 0 aliphatic carbocycles. The smallest absolute Gasteiger partial charge is 0.264 e. The van der Waals surface area contributed by atoms with E-state index in [1.807, 2.05) is 0 Å². The van der Waals surface area contributed by atoms with Crippen molar-refractivity contribution in [3.8, 4) is 0 Å². The van der Waals surface area contributed by atoms with Crippen molar-refractivity contribution in [2.45, 2.75) is 30.6 Å². The maximum absolute atomic E-state index is 13.0. The van der Waals surface area contributed by atoms with Gasteiger partial charge in [0.15, 0.2) is 0 Å². The van der Waals surface area contributed by atoms with Crippen molar-refractivity contribution in [1.82, 2.24) is 9.46 Å². The van der Waals surface area contributed by atoms with Gasteiger partial charge in [0.1, 0.15) is 0 Å². The first-order valence-corrected chi connectivity index (χ1v) is 14.0. The molecule has 0 bridgehead atoms. The van der Waals surface area contributed by atoms with Crippen LogP contribution in [0, 0.1) is 20.8 Å². The van der Waals surface area contributed by atoms with Gasteiger partial charge in [-0.1, -0.05) is 11.2 Å². The summed E-state index contributed by atoms with van der Waals surface area (Å²) < 4.78 is 65.2. The SMILES string of the molecule is Cc1ccc(S(=O)(=O)N2CCOCC2)cc1C(=O)Nc1ccc(S(=O)(=O)Nc2onc(C)c2C)cc1. The molecule has 1 saturated heterocycles. The number of morpholine rings is 1. The van der Waals surface area contributed by atoms with E-state index in [1.165, 1.54) is 40.7 Å². The molecule has 1 aliphatic rings. The second kappa shape index (κ2) is 10.0. The zero-order valence-electron chi connectivity index (χ0n) is 19.9. The summed E-state index contributed by atoms with van der Waals surface area (Å²) in [6.07, 6.45) is 0. The Morgan fingerprint density at radius 1 is 0.944 bits per heavy atom. The first kappa shape index (κ1) is 25.8. The van der Waals surface area contributed by atoms with Crippen LogP contribution in [-0.4, -0.2) is 58.5 Å². The third-order valence-electron chi connectivity index (χ3n) is 5.87. The summed E-state index contributed by atoms with van der Waals surface area (Å²) in [6, 6.07) is 9.95. The number of carbonyl (C=O) groups is 1. The lowest BCUT2D eigenvalue weighted by molar-refractivity contribution is 0.0730. The molecule has 0 spiro atoms. The lowest BCUT2D eigenvalue weighted by Gasteiger charge is -2.26. The van der Waals surface area contributed by atoms with Crippen molar-refractivity contribution >= 4 is 37.5 Å². The molecule has 2 N–H and O–H groups in total. The van der Waals surface area contributed by atoms with E-state index < -0.39 is 26.0 Å². The third kappa shape index (κ3) is 5.28. The summed E-state index contributed by atoms with van der Waals surface area (Å²) >= 11 is 0. The first-order chi connectivity index (χ1) is 17.0. The Morgan fingerprint density at radius 2 is 1.58 bits per heavy atom. The van der Waals surface area contributed by atoms with Gasteiger partial charge in [0.25, 0.3) is 15.9 Å². The molecular formula is C23H26N4O7S2. The highest BCUT2D eigenvalue weighted by Crippen LogP contribution is 2.24. The normalized spacial score (nSPS) is 15.0. The van der Waals surface area contributed by atoms with Crippen LogP contribution in [0.2, 0.25) is 0 Å². The number of nitrogens with zero attached hydrogens (tertiary/aromatic N) is 2.